The maximum Gasteiger partial charge on any atom is 0.321 e. The molecule has 1 heterocycles. The van der Waals surface area contributed by atoms with Crippen LogP contribution in [0.5, 0.6) is 6.01 Å². The Morgan fingerprint density at radius 1 is 0.958 bits per heavy atom. The number of hydrogen-bond acceptors (Lipinski definition) is 4. The van der Waals surface area contributed by atoms with Crippen molar-refractivity contribution >= 4 is 11.6 Å². The fourth-order valence-corrected chi connectivity index (χ4v) is 2.36. The number of ether oxygens (including phenoxy) is 1. The van der Waals surface area contributed by atoms with Crippen LogP contribution in [0.15, 0.2) is 54.9 Å². The Kier molecular flexibility index (Phi) is 6.70. The molecule has 0 spiro atoms. The van der Waals surface area contributed by atoms with Crippen molar-refractivity contribution in [1.82, 2.24) is 15.0 Å². The first-order valence-electron chi connectivity index (χ1n) is 7.85. The Morgan fingerprint density at radius 2 is 1.71 bits per heavy atom. The predicted octanol–water partition coefficient (Wildman–Crippen LogP) is 5.11. The third-order valence-corrected chi connectivity index (χ3v) is 3.59. The van der Waals surface area contributed by atoms with Gasteiger partial charge in [0.2, 0.25) is 5.28 Å². The number of hydrogen-bond donors (Lipinski definition) is 0. The molecule has 0 atom stereocenters. The number of rotatable bonds is 4. The van der Waals surface area contributed by atoms with E-state index in [0.29, 0.717) is 6.61 Å². The van der Waals surface area contributed by atoms with Gasteiger partial charge in [-0.15, -0.1) is 0 Å². The summed E-state index contributed by atoms with van der Waals surface area (Å²) in [4.78, 5) is 11.6. The first kappa shape index (κ1) is 17.9. The lowest BCUT2D eigenvalue weighted by molar-refractivity contribution is 0.279. The summed E-state index contributed by atoms with van der Waals surface area (Å²) in [6.07, 6.45) is 1.33. The van der Waals surface area contributed by atoms with Crippen molar-refractivity contribution in [2.45, 2.75) is 27.4 Å². The van der Waals surface area contributed by atoms with E-state index < -0.39 is 0 Å². The summed E-state index contributed by atoms with van der Waals surface area (Å²) >= 11 is 5.72. The van der Waals surface area contributed by atoms with Crippen LogP contribution in [-0.2, 0) is 6.61 Å². The lowest BCUT2D eigenvalue weighted by Gasteiger charge is -2.12. The van der Waals surface area contributed by atoms with Gasteiger partial charge >= 0.3 is 6.01 Å². The molecule has 0 aliphatic heterocycles. The van der Waals surface area contributed by atoms with Gasteiger partial charge in [-0.2, -0.15) is 9.97 Å². The van der Waals surface area contributed by atoms with Gasteiger partial charge in [0.1, 0.15) is 12.9 Å². The highest BCUT2D eigenvalue weighted by atomic mass is 35.5. The lowest BCUT2D eigenvalue weighted by atomic mass is 9.97. The summed E-state index contributed by atoms with van der Waals surface area (Å²) in [5.74, 6) is 0. The van der Waals surface area contributed by atoms with Gasteiger partial charge in [-0.1, -0.05) is 62.4 Å². The largest absolute Gasteiger partial charge is 0.458 e. The number of benzene rings is 2. The Hall–Kier alpha value is -2.46. The third kappa shape index (κ3) is 4.52. The van der Waals surface area contributed by atoms with Gasteiger partial charge in [-0.05, 0) is 40.8 Å². The van der Waals surface area contributed by atoms with Crippen LogP contribution in [0.4, 0.5) is 0 Å². The summed E-state index contributed by atoms with van der Waals surface area (Å²) < 4.78 is 5.60. The minimum atomic E-state index is 0.125. The number of aromatic nitrogens is 3. The Bertz CT molecular complexity index is 779. The molecule has 0 fully saturated rings. The molecule has 24 heavy (non-hydrogen) atoms. The second-order valence-electron chi connectivity index (χ2n) is 4.78. The molecule has 0 saturated heterocycles. The van der Waals surface area contributed by atoms with E-state index in [-0.39, 0.29) is 11.3 Å². The molecule has 0 amide bonds. The molecule has 124 valence electrons. The molecule has 0 aliphatic rings. The predicted molar refractivity (Wildman–Crippen MR) is 97.1 cm³/mol. The van der Waals surface area contributed by atoms with Gasteiger partial charge in [0.05, 0.1) is 0 Å². The molecule has 1 aromatic heterocycles. The van der Waals surface area contributed by atoms with Crippen molar-refractivity contribution in [3.63, 3.8) is 0 Å². The summed E-state index contributed by atoms with van der Waals surface area (Å²) in [6.45, 7) is 6.47. The molecule has 2 aromatic carbocycles. The highest BCUT2D eigenvalue weighted by Crippen LogP contribution is 2.26. The molecular formula is C19H20ClN3O. The average molecular weight is 342 g/mol. The first-order chi connectivity index (χ1) is 11.7. The van der Waals surface area contributed by atoms with Crippen molar-refractivity contribution in [2.75, 3.05) is 0 Å². The van der Waals surface area contributed by atoms with E-state index in [1.54, 1.807) is 0 Å². The first-order valence-corrected chi connectivity index (χ1v) is 8.23. The normalized spacial score (nSPS) is 9.83. The van der Waals surface area contributed by atoms with Crippen LogP contribution in [-0.4, -0.2) is 15.0 Å². The molecule has 0 radical (unpaired) electrons. The van der Waals surface area contributed by atoms with Crippen LogP contribution in [0.1, 0.15) is 25.0 Å². The second-order valence-corrected chi connectivity index (χ2v) is 5.12. The van der Waals surface area contributed by atoms with Crippen LogP contribution in [0, 0.1) is 6.92 Å². The average Bonchev–Trinajstić information content (AvgIpc) is 2.63. The zero-order chi connectivity index (χ0) is 17.4. The van der Waals surface area contributed by atoms with Crippen molar-refractivity contribution in [1.29, 1.82) is 0 Å². The van der Waals surface area contributed by atoms with Gasteiger partial charge < -0.3 is 4.74 Å². The minimum absolute atomic E-state index is 0.125. The van der Waals surface area contributed by atoms with Gasteiger partial charge in [0.25, 0.3) is 0 Å². The topological polar surface area (TPSA) is 47.9 Å². The highest BCUT2D eigenvalue weighted by molar-refractivity contribution is 6.28. The maximum absolute atomic E-state index is 5.72. The maximum atomic E-state index is 5.72. The van der Waals surface area contributed by atoms with Crippen LogP contribution < -0.4 is 4.74 Å². The minimum Gasteiger partial charge on any atom is -0.458 e. The molecular weight excluding hydrogens is 322 g/mol. The van der Waals surface area contributed by atoms with Gasteiger partial charge in [0.15, 0.2) is 0 Å². The van der Waals surface area contributed by atoms with Crippen LogP contribution in [0.2, 0.25) is 5.28 Å². The van der Waals surface area contributed by atoms with Gasteiger partial charge in [-0.25, -0.2) is 4.98 Å². The third-order valence-electron chi connectivity index (χ3n) is 3.41. The number of halogens is 1. The molecule has 0 N–H and O–H groups in total. The fourth-order valence-electron chi connectivity index (χ4n) is 2.24. The molecule has 0 bridgehead atoms. The van der Waals surface area contributed by atoms with E-state index in [2.05, 4.69) is 40.1 Å². The smallest absolute Gasteiger partial charge is 0.321 e. The molecule has 4 nitrogen and oxygen atoms in total. The van der Waals surface area contributed by atoms with E-state index in [4.69, 9.17) is 16.3 Å². The Morgan fingerprint density at radius 3 is 2.42 bits per heavy atom. The quantitative estimate of drug-likeness (QED) is 0.662. The summed E-state index contributed by atoms with van der Waals surface area (Å²) in [5.41, 5.74) is 4.63. The molecule has 3 rings (SSSR count). The van der Waals surface area contributed by atoms with Crippen LogP contribution in [0.25, 0.3) is 11.1 Å². The molecule has 0 saturated carbocycles. The summed E-state index contributed by atoms with van der Waals surface area (Å²) in [7, 11) is 0. The summed E-state index contributed by atoms with van der Waals surface area (Å²) in [5, 5.41) is 0.125. The van der Waals surface area contributed by atoms with Crippen molar-refractivity contribution in [3.05, 3.63) is 71.3 Å². The Balaban J connectivity index is 0.00000100. The zero-order valence-electron chi connectivity index (χ0n) is 14.0. The summed E-state index contributed by atoms with van der Waals surface area (Å²) in [6, 6.07) is 16.7. The molecule has 0 aliphatic carbocycles. The van der Waals surface area contributed by atoms with E-state index in [1.807, 2.05) is 44.2 Å². The highest BCUT2D eigenvalue weighted by Gasteiger charge is 2.07. The zero-order valence-corrected chi connectivity index (χ0v) is 14.8. The monoisotopic (exact) mass is 341 g/mol. The van der Waals surface area contributed by atoms with E-state index in [9.17, 15) is 0 Å². The van der Waals surface area contributed by atoms with Gasteiger partial charge in [0, 0.05) is 0 Å². The molecule has 0 unspecified atom stereocenters. The van der Waals surface area contributed by atoms with Crippen LogP contribution >= 0.6 is 11.6 Å². The number of nitrogens with zero attached hydrogens (tertiary/aromatic N) is 3. The SMILES string of the molecule is CC.Cc1c(COc2ncnc(Cl)n2)cccc1-c1ccccc1. The van der Waals surface area contributed by atoms with Gasteiger partial charge in [-0.3, -0.25) is 0 Å². The van der Waals surface area contributed by atoms with Crippen molar-refractivity contribution in [2.24, 2.45) is 0 Å². The lowest BCUT2D eigenvalue weighted by Crippen LogP contribution is -2.02. The Labute approximate surface area is 147 Å². The van der Waals surface area contributed by atoms with Crippen molar-refractivity contribution in [3.8, 4) is 17.1 Å². The van der Waals surface area contributed by atoms with E-state index in [1.165, 1.54) is 23.0 Å². The molecule has 3 aromatic rings. The molecule has 5 heteroatoms. The standard InChI is InChI=1S/C17H14ClN3O.C2H6/c1-12-14(10-22-17-20-11-19-16(18)21-17)8-5-9-15(12)13-6-3-2-4-7-13;1-2/h2-9,11H,10H2,1H3;1-2H3. The van der Waals surface area contributed by atoms with E-state index in [0.717, 1.165) is 5.56 Å². The van der Waals surface area contributed by atoms with Crippen LogP contribution in [0.3, 0.4) is 0 Å². The fraction of sp³-hybridized carbons (Fsp3) is 0.211. The van der Waals surface area contributed by atoms with E-state index >= 15 is 0 Å². The second kappa shape index (κ2) is 8.99. The van der Waals surface area contributed by atoms with Crippen molar-refractivity contribution < 1.29 is 4.74 Å².